The van der Waals surface area contributed by atoms with Gasteiger partial charge in [-0.25, -0.2) is 0 Å². The van der Waals surface area contributed by atoms with Crippen molar-refractivity contribution in [1.82, 2.24) is 5.48 Å². The van der Waals surface area contributed by atoms with Crippen LogP contribution in [0.1, 0.15) is 25.5 Å². The third kappa shape index (κ3) is 3.14. The maximum atomic E-state index is 6.02. The van der Waals surface area contributed by atoms with Crippen molar-refractivity contribution in [3.05, 3.63) is 33.8 Å². The molecule has 0 fully saturated rings. The molecule has 1 aromatic carbocycles. The third-order valence-corrected chi connectivity index (χ3v) is 2.40. The predicted octanol–water partition coefficient (Wildman–Crippen LogP) is 3.60. The summed E-state index contributed by atoms with van der Waals surface area (Å²) in [7, 11) is 0. The average molecular weight is 234 g/mol. The highest BCUT2D eigenvalue weighted by Crippen LogP contribution is 2.25. The Labute approximate surface area is 94.1 Å². The van der Waals surface area contributed by atoms with Crippen LogP contribution >= 0.6 is 23.2 Å². The molecule has 0 saturated carbocycles. The molecule has 1 N–H and O–H groups in total. The zero-order valence-electron chi connectivity index (χ0n) is 8.18. The first-order valence-electron chi connectivity index (χ1n) is 4.47. The summed E-state index contributed by atoms with van der Waals surface area (Å²) in [6.45, 7) is 4.52. The van der Waals surface area contributed by atoms with Crippen LogP contribution in [-0.2, 0) is 4.84 Å². The summed E-state index contributed by atoms with van der Waals surface area (Å²) in [5, 5.41) is 1.29. The molecule has 1 unspecified atom stereocenters. The number of hydrogen-bond donors (Lipinski definition) is 1. The van der Waals surface area contributed by atoms with E-state index in [1.165, 1.54) is 0 Å². The molecule has 14 heavy (non-hydrogen) atoms. The van der Waals surface area contributed by atoms with Crippen LogP contribution in [0.4, 0.5) is 0 Å². The summed E-state index contributed by atoms with van der Waals surface area (Å²) in [6.07, 6.45) is 0. The van der Waals surface area contributed by atoms with Gasteiger partial charge in [0.1, 0.15) is 0 Å². The van der Waals surface area contributed by atoms with Crippen molar-refractivity contribution in [3.8, 4) is 0 Å². The highest BCUT2D eigenvalue weighted by atomic mass is 35.5. The van der Waals surface area contributed by atoms with E-state index >= 15 is 0 Å². The summed E-state index contributed by atoms with van der Waals surface area (Å²) >= 11 is 11.8. The molecule has 1 rings (SSSR count). The Balaban J connectivity index is 2.74. The molecule has 0 radical (unpaired) electrons. The third-order valence-electron chi connectivity index (χ3n) is 1.83. The molecule has 1 aromatic rings. The normalized spacial score (nSPS) is 12.9. The van der Waals surface area contributed by atoms with Crippen LogP contribution < -0.4 is 5.48 Å². The van der Waals surface area contributed by atoms with Crippen LogP contribution in [0, 0.1) is 0 Å². The molecule has 0 amide bonds. The highest BCUT2D eigenvalue weighted by Gasteiger charge is 2.09. The molecular formula is C10H13Cl2NO. The second-order valence-corrected chi connectivity index (χ2v) is 3.78. The van der Waals surface area contributed by atoms with E-state index in [0.29, 0.717) is 16.7 Å². The van der Waals surface area contributed by atoms with Gasteiger partial charge in [-0.1, -0.05) is 29.3 Å². The summed E-state index contributed by atoms with van der Waals surface area (Å²) < 4.78 is 0. The van der Waals surface area contributed by atoms with Crippen LogP contribution in [0.5, 0.6) is 0 Å². The Kier molecular flexibility index (Phi) is 4.69. The molecule has 0 heterocycles. The van der Waals surface area contributed by atoms with Crippen LogP contribution in [0.3, 0.4) is 0 Å². The zero-order valence-corrected chi connectivity index (χ0v) is 9.69. The predicted molar refractivity (Wildman–Crippen MR) is 59.6 cm³/mol. The highest BCUT2D eigenvalue weighted by molar-refractivity contribution is 6.35. The molecule has 1 atom stereocenters. The molecule has 78 valence electrons. The number of halogens is 2. The average Bonchev–Trinajstić information content (AvgIpc) is 2.14. The second kappa shape index (κ2) is 5.56. The molecular weight excluding hydrogens is 221 g/mol. The van der Waals surface area contributed by atoms with Crippen molar-refractivity contribution in [2.45, 2.75) is 19.9 Å². The van der Waals surface area contributed by atoms with Crippen LogP contribution in [0.15, 0.2) is 18.2 Å². The first kappa shape index (κ1) is 11.8. The van der Waals surface area contributed by atoms with Crippen molar-refractivity contribution < 1.29 is 4.84 Å². The topological polar surface area (TPSA) is 21.3 Å². The number of nitrogens with one attached hydrogen (secondary N) is 1. The lowest BCUT2D eigenvalue weighted by Gasteiger charge is -2.14. The van der Waals surface area contributed by atoms with Crippen LogP contribution in [0.25, 0.3) is 0 Å². The van der Waals surface area contributed by atoms with E-state index in [1.54, 1.807) is 6.07 Å². The van der Waals surface area contributed by atoms with E-state index < -0.39 is 0 Å². The Morgan fingerprint density at radius 3 is 2.71 bits per heavy atom. The Hall–Kier alpha value is -0.280. The van der Waals surface area contributed by atoms with E-state index in [0.717, 1.165) is 5.56 Å². The molecule has 0 aliphatic heterocycles. The van der Waals surface area contributed by atoms with E-state index in [9.17, 15) is 0 Å². The van der Waals surface area contributed by atoms with Gasteiger partial charge in [0.05, 0.1) is 12.6 Å². The zero-order chi connectivity index (χ0) is 10.6. The van der Waals surface area contributed by atoms with Gasteiger partial charge in [-0.2, -0.15) is 5.48 Å². The van der Waals surface area contributed by atoms with Crippen LogP contribution in [-0.4, -0.2) is 6.61 Å². The standard InChI is InChI=1S/C10H13Cl2NO/c1-3-14-13-7(2)9-5-4-8(11)6-10(9)12/h4-7,13H,3H2,1-2H3. The Morgan fingerprint density at radius 1 is 1.43 bits per heavy atom. The SMILES string of the molecule is CCONC(C)c1ccc(Cl)cc1Cl. The monoisotopic (exact) mass is 233 g/mol. The molecule has 0 bridgehead atoms. The van der Waals surface area contributed by atoms with Gasteiger partial charge in [0.15, 0.2) is 0 Å². The van der Waals surface area contributed by atoms with Crippen molar-refractivity contribution in [1.29, 1.82) is 0 Å². The number of hydroxylamine groups is 1. The van der Waals surface area contributed by atoms with Gasteiger partial charge in [0.2, 0.25) is 0 Å². The van der Waals surface area contributed by atoms with Gasteiger partial charge < -0.3 is 4.84 Å². The molecule has 4 heteroatoms. The van der Waals surface area contributed by atoms with Gasteiger partial charge in [0.25, 0.3) is 0 Å². The summed E-state index contributed by atoms with van der Waals surface area (Å²) in [4.78, 5) is 5.09. The fourth-order valence-electron chi connectivity index (χ4n) is 1.12. The van der Waals surface area contributed by atoms with Gasteiger partial charge in [-0.3, -0.25) is 0 Å². The fraction of sp³-hybridized carbons (Fsp3) is 0.400. The van der Waals surface area contributed by atoms with Crippen molar-refractivity contribution >= 4 is 23.2 Å². The molecule has 0 spiro atoms. The smallest absolute Gasteiger partial charge is 0.0654 e. The largest absolute Gasteiger partial charge is 0.302 e. The Morgan fingerprint density at radius 2 is 2.14 bits per heavy atom. The summed E-state index contributed by atoms with van der Waals surface area (Å²) in [5.41, 5.74) is 3.86. The maximum absolute atomic E-state index is 6.02. The number of rotatable bonds is 4. The minimum atomic E-state index is 0.0553. The quantitative estimate of drug-likeness (QED) is 0.803. The van der Waals surface area contributed by atoms with Gasteiger partial charge in [-0.05, 0) is 31.5 Å². The molecule has 2 nitrogen and oxygen atoms in total. The minimum Gasteiger partial charge on any atom is -0.302 e. The second-order valence-electron chi connectivity index (χ2n) is 2.94. The lowest BCUT2D eigenvalue weighted by Crippen LogP contribution is -2.19. The first-order chi connectivity index (χ1) is 6.65. The fourth-order valence-corrected chi connectivity index (χ4v) is 1.70. The van der Waals surface area contributed by atoms with E-state index in [1.807, 2.05) is 26.0 Å². The number of hydrogen-bond acceptors (Lipinski definition) is 2. The van der Waals surface area contributed by atoms with E-state index in [4.69, 9.17) is 28.0 Å². The summed E-state index contributed by atoms with van der Waals surface area (Å²) in [6, 6.07) is 5.48. The lowest BCUT2D eigenvalue weighted by atomic mass is 10.1. The van der Waals surface area contributed by atoms with Crippen LogP contribution in [0.2, 0.25) is 10.0 Å². The lowest BCUT2D eigenvalue weighted by molar-refractivity contribution is 0.0285. The van der Waals surface area contributed by atoms with E-state index in [-0.39, 0.29) is 6.04 Å². The van der Waals surface area contributed by atoms with E-state index in [2.05, 4.69) is 5.48 Å². The molecule has 0 saturated heterocycles. The molecule has 0 aromatic heterocycles. The van der Waals surface area contributed by atoms with Gasteiger partial charge in [0, 0.05) is 10.0 Å². The molecule has 0 aliphatic carbocycles. The summed E-state index contributed by atoms with van der Waals surface area (Å²) in [5.74, 6) is 0. The molecule has 0 aliphatic rings. The van der Waals surface area contributed by atoms with Gasteiger partial charge in [-0.15, -0.1) is 0 Å². The van der Waals surface area contributed by atoms with Crippen molar-refractivity contribution in [3.63, 3.8) is 0 Å². The van der Waals surface area contributed by atoms with Gasteiger partial charge >= 0.3 is 0 Å². The van der Waals surface area contributed by atoms with Crippen molar-refractivity contribution in [2.75, 3.05) is 6.61 Å². The maximum Gasteiger partial charge on any atom is 0.0654 e. The Bertz CT molecular complexity index is 304. The van der Waals surface area contributed by atoms with Crippen molar-refractivity contribution in [2.24, 2.45) is 0 Å². The first-order valence-corrected chi connectivity index (χ1v) is 5.23. The number of benzene rings is 1. The minimum absolute atomic E-state index is 0.0553.